The Balaban J connectivity index is 1.68. The molecule has 2 aromatic heterocycles. The third-order valence-electron chi connectivity index (χ3n) is 4.93. The minimum atomic E-state index is -0.889. The molecule has 3 heterocycles. The zero-order valence-electron chi connectivity index (χ0n) is 13.3. The first-order valence-corrected chi connectivity index (χ1v) is 8.40. The second kappa shape index (κ2) is 6.02. The Labute approximate surface area is 135 Å². The number of pyridine rings is 1. The lowest BCUT2D eigenvalue weighted by Gasteiger charge is -2.32. The van der Waals surface area contributed by atoms with Gasteiger partial charge in [0, 0.05) is 23.8 Å². The van der Waals surface area contributed by atoms with Crippen LogP contribution in [0.3, 0.4) is 0 Å². The molecule has 0 bridgehead atoms. The Morgan fingerprint density at radius 1 is 1.39 bits per heavy atom. The summed E-state index contributed by atoms with van der Waals surface area (Å²) in [7, 11) is -0.889. The Kier molecular flexibility index (Phi) is 3.87. The summed E-state index contributed by atoms with van der Waals surface area (Å²) in [5.41, 5.74) is 3.14. The molecule has 1 aliphatic carbocycles. The highest BCUT2D eigenvalue weighted by molar-refractivity contribution is 6.52. The fourth-order valence-corrected chi connectivity index (χ4v) is 3.89. The molecule has 5 nitrogen and oxygen atoms in total. The minimum Gasteiger partial charge on any atom is -0.531 e. The Morgan fingerprint density at radius 2 is 2.22 bits per heavy atom. The molecule has 0 atom stereocenters. The highest BCUT2D eigenvalue weighted by atomic mass is 16.5. The first-order chi connectivity index (χ1) is 11.3. The lowest BCUT2D eigenvalue weighted by Crippen LogP contribution is -2.28. The van der Waals surface area contributed by atoms with E-state index in [-0.39, 0.29) is 0 Å². The van der Waals surface area contributed by atoms with Gasteiger partial charge in [-0.25, -0.2) is 4.98 Å². The summed E-state index contributed by atoms with van der Waals surface area (Å²) in [5, 5.41) is 11.1. The summed E-state index contributed by atoms with van der Waals surface area (Å²) in [5.74, 6) is 2.97. The maximum Gasteiger partial charge on any atom is 0.552 e. The van der Waals surface area contributed by atoms with E-state index >= 15 is 0 Å². The van der Waals surface area contributed by atoms with Crippen molar-refractivity contribution < 1.29 is 14.4 Å². The predicted octanol–water partition coefficient (Wildman–Crippen LogP) is 2.95. The molecule has 120 valence electrons. The van der Waals surface area contributed by atoms with Crippen molar-refractivity contribution in [3.8, 4) is 5.75 Å². The van der Waals surface area contributed by atoms with Crippen LogP contribution in [0.5, 0.6) is 5.75 Å². The normalized spacial score (nSPS) is 24.3. The Bertz CT molecular complexity index is 735. The highest BCUT2D eigenvalue weighted by Crippen LogP contribution is 2.44. The molecule has 0 amide bonds. The number of hydrogen-bond acceptors (Lipinski definition) is 4. The average Bonchev–Trinajstić information content (AvgIpc) is 3.03. The number of allylic oxidation sites excluding steroid dienone is 1. The largest absolute Gasteiger partial charge is 0.552 e. The summed E-state index contributed by atoms with van der Waals surface area (Å²) in [6.45, 7) is 2.83. The smallest absolute Gasteiger partial charge is 0.531 e. The number of nitrogens with one attached hydrogen (secondary N) is 1. The molecule has 23 heavy (non-hydrogen) atoms. The van der Waals surface area contributed by atoms with Gasteiger partial charge in [-0.05, 0) is 56.1 Å². The molecule has 4 rings (SSSR count). The van der Waals surface area contributed by atoms with Crippen molar-refractivity contribution in [1.29, 1.82) is 0 Å². The molecule has 0 radical (unpaired) electrons. The van der Waals surface area contributed by atoms with Crippen molar-refractivity contribution in [2.75, 3.05) is 6.61 Å². The molecule has 0 saturated heterocycles. The predicted molar refractivity (Wildman–Crippen MR) is 90.0 cm³/mol. The number of nitrogens with zero attached hydrogens (tertiary/aromatic N) is 1. The van der Waals surface area contributed by atoms with E-state index in [1.54, 1.807) is 6.20 Å². The number of ether oxygens (including phenoxy) is 1. The average molecular weight is 312 g/mol. The van der Waals surface area contributed by atoms with Crippen molar-refractivity contribution in [3.63, 3.8) is 0 Å². The standard InChI is InChI=1S/C17H21BN2O3/c1-2-22-12-5-3-11(4-6-12)14-9-18(21)23-15-10-20-17-13(16(14)15)7-8-19-17/h7-12,21H,2-6H2,1H3,(H,19,20)/t11-,12-. The zero-order chi connectivity index (χ0) is 15.8. The Hall–Kier alpha value is -1.79. The van der Waals surface area contributed by atoms with Crippen LogP contribution in [0, 0.1) is 5.92 Å². The zero-order valence-corrected chi connectivity index (χ0v) is 13.3. The lowest BCUT2D eigenvalue weighted by atomic mass is 9.72. The van der Waals surface area contributed by atoms with Crippen molar-refractivity contribution in [1.82, 2.24) is 9.97 Å². The maximum atomic E-state index is 10.1. The monoisotopic (exact) mass is 312 g/mol. The van der Waals surface area contributed by atoms with Crippen LogP contribution in [0.25, 0.3) is 16.6 Å². The molecule has 0 spiro atoms. The van der Waals surface area contributed by atoms with Gasteiger partial charge in [0.1, 0.15) is 11.4 Å². The molecule has 1 saturated carbocycles. The van der Waals surface area contributed by atoms with Gasteiger partial charge in [0.15, 0.2) is 0 Å². The second-order valence-electron chi connectivity index (χ2n) is 6.30. The van der Waals surface area contributed by atoms with Crippen molar-refractivity contribution in [2.45, 2.75) is 38.7 Å². The van der Waals surface area contributed by atoms with Crippen molar-refractivity contribution in [2.24, 2.45) is 5.92 Å². The number of aromatic amines is 1. The fraction of sp³-hybridized carbons (Fsp3) is 0.471. The highest BCUT2D eigenvalue weighted by Gasteiger charge is 2.32. The summed E-state index contributed by atoms with van der Waals surface area (Å²) in [6.07, 6.45) is 8.29. The molecule has 6 heteroatoms. The number of aromatic nitrogens is 2. The van der Waals surface area contributed by atoms with E-state index in [0.29, 0.717) is 17.8 Å². The summed E-state index contributed by atoms with van der Waals surface area (Å²) < 4.78 is 11.3. The second-order valence-corrected chi connectivity index (χ2v) is 6.30. The van der Waals surface area contributed by atoms with Gasteiger partial charge in [-0.2, -0.15) is 0 Å². The summed E-state index contributed by atoms with van der Waals surface area (Å²) >= 11 is 0. The van der Waals surface area contributed by atoms with Gasteiger partial charge in [-0.15, -0.1) is 0 Å². The number of rotatable bonds is 3. The van der Waals surface area contributed by atoms with Gasteiger partial charge < -0.3 is 19.4 Å². The van der Waals surface area contributed by atoms with E-state index in [1.807, 2.05) is 18.2 Å². The molecule has 2 N–H and O–H groups in total. The van der Waals surface area contributed by atoms with Crippen LogP contribution >= 0.6 is 0 Å². The van der Waals surface area contributed by atoms with Gasteiger partial charge in [-0.1, -0.05) is 0 Å². The SMILES string of the molecule is CCO[C@H]1CC[C@H](C2=CB(O)Oc3cnc4[nH]ccc4c32)CC1. The van der Waals surface area contributed by atoms with Crippen LogP contribution in [-0.4, -0.2) is 34.8 Å². The van der Waals surface area contributed by atoms with Crippen molar-refractivity contribution >= 4 is 23.7 Å². The molecule has 1 fully saturated rings. The van der Waals surface area contributed by atoms with E-state index in [0.717, 1.165) is 48.9 Å². The first kappa shape index (κ1) is 14.8. The quantitative estimate of drug-likeness (QED) is 0.855. The van der Waals surface area contributed by atoms with Gasteiger partial charge in [0.05, 0.1) is 12.3 Å². The van der Waals surface area contributed by atoms with Crippen LogP contribution in [-0.2, 0) is 4.74 Å². The third-order valence-corrected chi connectivity index (χ3v) is 4.93. The van der Waals surface area contributed by atoms with Crippen LogP contribution in [0.2, 0.25) is 0 Å². The van der Waals surface area contributed by atoms with E-state index < -0.39 is 7.12 Å². The molecule has 2 aliphatic rings. The molecule has 1 aliphatic heterocycles. The number of H-pyrrole nitrogens is 1. The van der Waals surface area contributed by atoms with Gasteiger partial charge in [0.2, 0.25) is 0 Å². The fourth-order valence-electron chi connectivity index (χ4n) is 3.89. The van der Waals surface area contributed by atoms with Crippen LogP contribution in [0.15, 0.2) is 24.4 Å². The van der Waals surface area contributed by atoms with Crippen molar-refractivity contribution in [3.05, 3.63) is 30.0 Å². The summed E-state index contributed by atoms with van der Waals surface area (Å²) in [4.78, 5) is 7.52. The van der Waals surface area contributed by atoms with Gasteiger partial charge in [-0.3, -0.25) is 0 Å². The molecular formula is C17H21BN2O3. The first-order valence-electron chi connectivity index (χ1n) is 8.40. The maximum absolute atomic E-state index is 10.1. The molecular weight excluding hydrogens is 291 g/mol. The van der Waals surface area contributed by atoms with Gasteiger partial charge in [0.25, 0.3) is 0 Å². The van der Waals surface area contributed by atoms with E-state index in [2.05, 4.69) is 16.9 Å². The molecule has 0 unspecified atom stereocenters. The van der Waals surface area contributed by atoms with Gasteiger partial charge >= 0.3 is 7.12 Å². The number of fused-ring (bicyclic) bond motifs is 3. The lowest BCUT2D eigenvalue weighted by molar-refractivity contribution is 0.0311. The van der Waals surface area contributed by atoms with Crippen LogP contribution < -0.4 is 4.65 Å². The number of hydrogen-bond donors (Lipinski definition) is 2. The molecule has 2 aromatic rings. The van der Waals surface area contributed by atoms with E-state index in [4.69, 9.17) is 9.39 Å². The topological polar surface area (TPSA) is 67.4 Å². The summed E-state index contributed by atoms with van der Waals surface area (Å²) in [6, 6.07) is 2.03. The van der Waals surface area contributed by atoms with Crippen LogP contribution in [0.4, 0.5) is 0 Å². The minimum absolute atomic E-state index is 0.380. The third kappa shape index (κ3) is 2.66. The van der Waals surface area contributed by atoms with E-state index in [9.17, 15) is 5.02 Å². The van der Waals surface area contributed by atoms with E-state index in [1.165, 1.54) is 5.57 Å². The molecule has 0 aromatic carbocycles. The Morgan fingerprint density at radius 3 is 3.00 bits per heavy atom. The van der Waals surface area contributed by atoms with Crippen LogP contribution in [0.1, 0.15) is 38.2 Å².